The Bertz CT molecular complexity index is 311. The van der Waals surface area contributed by atoms with E-state index in [0.29, 0.717) is 0 Å². The summed E-state index contributed by atoms with van der Waals surface area (Å²) >= 11 is 18.2. The summed E-state index contributed by atoms with van der Waals surface area (Å²) in [5.41, 5.74) is 0. The molecular formula is C16H25Cl3S. The summed E-state index contributed by atoms with van der Waals surface area (Å²) in [4.78, 5) is 0. The Balaban J connectivity index is 3.23. The summed E-state index contributed by atoms with van der Waals surface area (Å²) in [5, 5.41) is 3.13. The van der Waals surface area contributed by atoms with Crippen LogP contribution in [0.1, 0.15) is 71.1 Å². The third kappa shape index (κ3) is 14.9. The van der Waals surface area contributed by atoms with Crippen molar-refractivity contribution in [2.24, 2.45) is 0 Å². The summed E-state index contributed by atoms with van der Waals surface area (Å²) in [6.45, 7) is 2.26. The van der Waals surface area contributed by atoms with Gasteiger partial charge < -0.3 is 0 Å². The van der Waals surface area contributed by atoms with Gasteiger partial charge in [0.05, 0.1) is 0 Å². The number of rotatable bonds is 11. The molecule has 0 rings (SSSR count). The van der Waals surface area contributed by atoms with Crippen molar-refractivity contribution in [3.05, 3.63) is 9.52 Å². The van der Waals surface area contributed by atoms with Crippen LogP contribution in [0, 0.1) is 11.2 Å². The highest BCUT2D eigenvalue weighted by Gasteiger charge is 1.94. The van der Waals surface area contributed by atoms with Gasteiger partial charge in [-0.3, -0.25) is 0 Å². The summed E-state index contributed by atoms with van der Waals surface area (Å²) in [7, 11) is 0. The van der Waals surface area contributed by atoms with E-state index in [1.807, 2.05) is 0 Å². The predicted molar refractivity (Wildman–Crippen MR) is 96.7 cm³/mol. The minimum Gasteiger partial charge on any atom is -0.0747 e. The van der Waals surface area contributed by atoms with Crippen LogP contribution < -0.4 is 0 Å². The highest BCUT2D eigenvalue weighted by atomic mass is 35.5. The van der Waals surface area contributed by atoms with Crippen LogP contribution in [0.25, 0.3) is 0 Å². The van der Waals surface area contributed by atoms with Crippen molar-refractivity contribution in [1.29, 1.82) is 0 Å². The molecule has 0 amide bonds. The fourth-order valence-corrected chi connectivity index (χ4v) is 2.66. The van der Waals surface area contributed by atoms with Crippen LogP contribution in [0.15, 0.2) is 9.52 Å². The second-order valence-electron chi connectivity index (χ2n) is 4.83. The molecule has 116 valence electrons. The molecule has 0 radical (unpaired) electrons. The number of thioether (sulfide) groups is 1. The van der Waals surface area contributed by atoms with E-state index in [1.165, 1.54) is 64.2 Å². The van der Waals surface area contributed by atoms with Gasteiger partial charge in [0.15, 0.2) is 0 Å². The van der Waals surface area contributed by atoms with Gasteiger partial charge in [0.25, 0.3) is 0 Å². The highest BCUT2D eigenvalue weighted by Crippen LogP contribution is 2.17. The maximum atomic E-state index is 5.69. The fraction of sp³-hybridized carbons (Fsp3) is 0.750. The molecule has 4 heteroatoms. The molecule has 0 nitrogen and oxygen atoms in total. The van der Waals surface area contributed by atoms with Gasteiger partial charge >= 0.3 is 0 Å². The van der Waals surface area contributed by atoms with Crippen LogP contribution in [-0.4, -0.2) is 5.75 Å². The van der Waals surface area contributed by atoms with Crippen LogP contribution >= 0.6 is 46.6 Å². The quantitative estimate of drug-likeness (QED) is 0.273. The monoisotopic (exact) mass is 354 g/mol. The van der Waals surface area contributed by atoms with E-state index in [1.54, 1.807) is 11.8 Å². The first-order valence-electron chi connectivity index (χ1n) is 7.52. The molecule has 0 saturated carbocycles. The molecule has 0 aliphatic carbocycles. The van der Waals surface area contributed by atoms with Crippen LogP contribution in [-0.2, 0) is 0 Å². The Kier molecular flexibility index (Phi) is 16.3. The summed E-state index contributed by atoms with van der Waals surface area (Å²) in [5.74, 6) is 3.76. The van der Waals surface area contributed by atoms with Crippen molar-refractivity contribution in [3.8, 4) is 11.2 Å². The lowest BCUT2D eigenvalue weighted by Crippen LogP contribution is -1.83. The van der Waals surface area contributed by atoms with Crippen molar-refractivity contribution in [2.45, 2.75) is 71.1 Å². The third-order valence-electron chi connectivity index (χ3n) is 3.00. The van der Waals surface area contributed by atoms with E-state index in [4.69, 9.17) is 34.8 Å². The first-order valence-corrected chi connectivity index (χ1v) is 9.64. The summed E-state index contributed by atoms with van der Waals surface area (Å²) in [6, 6.07) is 0. The van der Waals surface area contributed by atoms with Crippen molar-refractivity contribution in [2.75, 3.05) is 5.75 Å². The predicted octanol–water partition coefficient (Wildman–Crippen LogP) is 7.49. The van der Waals surface area contributed by atoms with Gasteiger partial charge in [-0.25, -0.2) is 0 Å². The summed E-state index contributed by atoms with van der Waals surface area (Å²) < 4.78 is 0.0405. The molecule has 0 fully saturated rings. The van der Waals surface area contributed by atoms with Gasteiger partial charge in [-0.15, -0.1) is 0 Å². The molecule has 0 aromatic rings. The van der Waals surface area contributed by atoms with Crippen molar-refractivity contribution >= 4 is 46.6 Å². The maximum Gasteiger partial charge on any atom is 0.133 e. The second-order valence-corrected chi connectivity index (χ2v) is 7.06. The van der Waals surface area contributed by atoms with Crippen LogP contribution in [0.3, 0.4) is 0 Å². The zero-order chi connectivity index (χ0) is 15.1. The lowest BCUT2D eigenvalue weighted by Gasteiger charge is -2.01. The molecule has 0 saturated heterocycles. The third-order valence-corrected chi connectivity index (χ3v) is 4.59. The Labute approximate surface area is 144 Å². The van der Waals surface area contributed by atoms with E-state index in [2.05, 4.69) is 18.1 Å². The minimum atomic E-state index is 0.0405. The molecule has 0 aromatic heterocycles. The molecule has 0 aromatic carbocycles. The minimum absolute atomic E-state index is 0.0405. The fourth-order valence-electron chi connectivity index (χ4n) is 1.84. The Morgan fingerprint density at radius 2 is 1.30 bits per heavy atom. The lowest BCUT2D eigenvalue weighted by atomic mass is 10.1. The van der Waals surface area contributed by atoms with E-state index in [9.17, 15) is 0 Å². The van der Waals surface area contributed by atoms with E-state index in [0.717, 1.165) is 5.75 Å². The lowest BCUT2D eigenvalue weighted by molar-refractivity contribution is 0.563. The zero-order valence-corrected chi connectivity index (χ0v) is 15.4. The Morgan fingerprint density at radius 1 is 0.800 bits per heavy atom. The first-order chi connectivity index (χ1) is 9.68. The van der Waals surface area contributed by atoms with Crippen molar-refractivity contribution < 1.29 is 0 Å². The molecule has 0 atom stereocenters. The Morgan fingerprint density at radius 3 is 1.80 bits per heavy atom. The first kappa shape index (κ1) is 20.5. The van der Waals surface area contributed by atoms with Gasteiger partial charge in [-0.05, 0) is 17.6 Å². The number of halogens is 3. The SMILES string of the molecule is CCCCCCCCCCCCSC#CC(Cl)=C(Cl)Cl. The van der Waals surface area contributed by atoms with E-state index in [-0.39, 0.29) is 9.52 Å². The number of allylic oxidation sites excluding steroid dienone is 1. The molecule has 0 aliphatic rings. The van der Waals surface area contributed by atoms with Crippen molar-refractivity contribution in [3.63, 3.8) is 0 Å². The molecule has 0 heterocycles. The normalized spacial score (nSPS) is 10.0. The smallest absolute Gasteiger partial charge is 0.0747 e. The van der Waals surface area contributed by atoms with Crippen molar-refractivity contribution in [1.82, 2.24) is 0 Å². The molecule has 0 unspecified atom stereocenters. The molecule has 0 aliphatic heterocycles. The highest BCUT2D eigenvalue weighted by molar-refractivity contribution is 8.03. The zero-order valence-electron chi connectivity index (χ0n) is 12.3. The second kappa shape index (κ2) is 15.9. The average molecular weight is 356 g/mol. The molecule has 20 heavy (non-hydrogen) atoms. The van der Waals surface area contributed by atoms with E-state index >= 15 is 0 Å². The molecule has 0 spiro atoms. The Hall–Kier alpha value is 0.520. The van der Waals surface area contributed by atoms with E-state index < -0.39 is 0 Å². The van der Waals surface area contributed by atoms with Crippen LogP contribution in [0.2, 0.25) is 0 Å². The van der Waals surface area contributed by atoms with Gasteiger partial charge in [0, 0.05) is 5.75 Å². The summed E-state index contributed by atoms with van der Waals surface area (Å²) in [6.07, 6.45) is 13.6. The largest absolute Gasteiger partial charge is 0.133 e. The van der Waals surface area contributed by atoms with Gasteiger partial charge in [-0.1, -0.05) is 111 Å². The number of unbranched alkanes of at least 4 members (excludes halogenated alkanes) is 9. The van der Waals surface area contributed by atoms with Gasteiger partial charge in [-0.2, -0.15) is 0 Å². The standard InChI is InChI=1S/C16H25Cl3S/c1-2-3-4-5-6-7-8-9-10-11-13-20-14-12-15(17)16(18)19/h2-11,13H2,1H3. The van der Waals surface area contributed by atoms with Gasteiger partial charge in [0.2, 0.25) is 0 Å². The number of hydrogen-bond acceptors (Lipinski definition) is 1. The molecule has 0 bridgehead atoms. The van der Waals surface area contributed by atoms with Gasteiger partial charge in [0.1, 0.15) is 9.52 Å². The van der Waals surface area contributed by atoms with Crippen LogP contribution in [0.4, 0.5) is 0 Å². The van der Waals surface area contributed by atoms with Crippen LogP contribution in [0.5, 0.6) is 0 Å². The number of hydrogen-bond donors (Lipinski definition) is 0. The maximum absolute atomic E-state index is 5.69. The molecule has 0 N–H and O–H groups in total. The topological polar surface area (TPSA) is 0 Å². The average Bonchev–Trinajstić information content (AvgIpc) is 2.43. The molecular weight excluding hydrogens is 331 g/mol.